The third-order valence-electron chi connectivity index (χ3n) is 5.52. The quantitative estimate of drug-likeness (QED) is 0.769. The predicted octanol–water partition coefficient (Wildman–Crippen LogP) is 3.40. The Balaban J connectivity index is 1.74. The van der Waals surface area contributed by atoms with Gasteiger partial charge in [-0.3, -0.25) is 19.5 Å². The minimum Gasteiger partial charge on any atom is -0.366 e. The van der Waals surface area contributed by atoms with Crippen LogP contribution in [0.3, 0.4) is 0 Å². The van der Waals surface area contributed by atoms with E-state index >= 15 is 0 Å². The van der Waals surface area contributed by atoms with Crippen molar-refractivity contribution in [3.63, 3.8) is 0 Å². The molecular weight excluding hydrogens is 350 g/mol. The van der Waals surface area contributed by atoms with E-state index in [1.807, 2.05) is 43.3 Å². The second kappa shape index (κ2) is 7.58. The van der Waals surface area contributed by atoms with Gasteiger partial charge in [0.25, 0.3) is 11.8 Å². The van der Waals surface area contributed by atoms with Crippen molar-refractivity contribution in [3.05, 3.63) is 71.2 Å². The molecule has 2 amide bonds. The molecule has 1 saturated heterocycles. The van der Waals surface area contributed by atoms with Crippen LogP contribution in [0.2, 0.25) is 0 Å². The monoisotopic (exact) mass is 375 g/mol. The molecule has 5 heteroatoms. The molecule has 1 aromatic heterocycles. The van der Waals surface area contributed by atoms with Crippen molar-refractivity contribution in [2.24, 2.45) is 5.92 Å². The Morgan fingerprint density at radius 2 is 1.89 bits per heavy atom. The summed E-state index contributed by atoms with van der Waals surface area (Å²) in [6, 6.07) is 11.6. The van der Waals surface area contributed by atoms with Crippen LogP contribution in [0.25, 0.3) is 5.57 Å². The zero-order valence-electron chi connectivity index (χ0n) is 16.4. The van der Waals surface area contributed by atoms with E-state index < -0.39 is 0 Å². The van der Waals surface area contributed by atoms with Gasteiger partial charge in [0.05, 0.1) is 12.1 Å². The number of carbonyl (C=O) groups is 2. The average molecular weight is 375 g/mol. The standard InChI is InChI=1S/C23H25N3O2/c1-16-7-9-19(10-8-16)20-21(25-12-4-5-17(2)14-25)23(28)26(22(20)27)15-18-6-3-11-24-13-18/h3,6-11,13,17H,4-5,12,14-15H2,1-2H3. The van der Waals surface area contributed by atoms with Crippen molar-refractivity contribution in [3.8, 4) is 0 Å². The maximum Gasteiger partial charge on any atom is 0.278 e. The molecule has 2 aromatic rings. The number of piperidine rings is 1. The summed E-state index contributed by atoms with van der Waals surface area (Å²) < 4.78 is 0. The zero-order chi connectivity index (χ0) is 19.7. The highest BCUT2D eigenvalue weighted by molar-refractivity contribution is 6.35. The first kappa shape index (κ1) is 18.4. The summed E-state index contributed by atoms with van der Waals surface area (Å²) in [5, 5.41) is 0. The van der Waals surface area contributed by atoms with Gasteiger partial charge in [-0.05, 0) is 42.9 Å². The lowest BCUT2D eigenvalue weighted by molar-refractivity contribution is -0.138. The lowest BCUT2D eigenvalue weighted by Gasteiger charge is -2.33. The van der Waals surface area contributed by atoms with Crippen LogP contribution in [-0.2, 0) is 16.1 Å². The summed E-state index contributed by atoms with van der Waals surface area (Å²) >= 11 is 0. The molecule has 1 aromatic carbocycles. The Bertz CT molecular complexity index is 919. The highest BCUT2D eigenvalue weighted by Crippen LogP contribution is 2.34. The number of aryl methyl sites for hydroxylation is 1. The van der Waals surface area contributed by atoms with Gasteiger partial charge in [0.15, 0.2) is 0 Å². The summed E-state index contributed by atoms with van der Waals surface area (Å²) in [5.41, 5.74) is 3.88. The minimum atomic E-state index is -0.217. The predicted molar refractivity (Wildman–Crippen MR) is 108 cm³/mol. The lowest BCUT2D eigenvalue weighted by Crippen LogP contribution is -2.39. The van der Waals surface area contributed by atoms with E-state index in [0.717, 1.165) is 42.6 Å². The number of hydrogen-bond acceptors (Lipinski definition) is 4. The van der Waals surface area contributed by atoms with E-state index in [9.17, 15) is 9.59 Å². The molecule has 1 fully saturated rings. The highest BCUT2D eigenvalue weighted by atomic mass is 16.2. The van der Waals surface area contributed by atoms with Crippen LogP contribution >= 0.6 is 0 Å². The van der Waals surface area contributed by atoms with Gasteiger partial charge in [0.1, 0.15) is 5.70 Å². The van der Waals surface area contributed by atoms with Crippen molar-refractivity contribution in [1.29, 1.82) is 0 Å². The Morgan fingerprint density at radius 1 is 1.11 bits per heavy atom. The smallest absolute Gasteiger partial charge is 0.278 e. The fraction of sp³-hybridized carbons (Fsp3) is 0.348. The molecule has 5 nitrogen and oxygen atoms in total. The Labute approximate surface area is 165 Å². The van der Waals surface area contributed by atoms with Crippen LogP contribution in [0.4, 0.5) is 0 Å². The number of likely N-dealkylation sites (tertiary alicyclic amines) is 1. The summed E-state index contributed by atoms with van der Waals surface area (Å²) in [5.74, 6) is 0.0975. The largest absolute Gasteiger partial charge is 0.366 e. The van der Waals surface area contributed by atoms with Crippen LogP contribution in [0.5, 0.6) is 0 Å². The second-order valence-corrected chi connectivity index (χ2v) is 7.84. The molecule has 0 radical (unpaired) electrons. The van der Waals surface area contributed by atoms with E-state index in [-0.39, 0.29) is 18.4 Å². The number of amides is 2. The molecule has 1 unspecified atom stereocenters. The first-order chi connectivity index (χ1) is 13.5. The van der Waals surface area contributed by atoms with Crippen LogP contribution in [0.15, 0.2) is 54.5 Å². The molecule has 28 heavy (non-hydrogen) atoms. The molecular formula is C23H25N3O2. The van der Waals surface area contributed by atoms with Crippen LogP contribution in [0, 0.1) is 12.8 Å². The number of hydrogen-bond donors (Lipinski definition) is 0. The minimum absolute atomic E-state index is 0.196. The van der Waals surface area contributed by atoms with Crippen molar-refractivity contribution in [2.45, 2.75) is 33.2 Å². The molecule has 144 valence electrons. The van der Waals surface area contributed by atoms with Gasteiger partial charge in [-0.15, -0.1) is 0 Å². The Kier molecular flexibility index (Phi) is 4.99. The molecule has 1 atom stereocenters. The SMILES string of the molecule is Cc1ccc(C2=C(N3CCCC(C)C3)C(=O)N(Cc3cccnc3)C2=O)cc1. The first-order valence-corrected chi connectivity index (χ1v) is 9.86. The van der Waals surface area contributed by atoms with Crippen LogP contribution in [-0.4, -0.2) is 39.7 Å². The third-order valence-corrected chi connectivity index (χ3v) is 5.52. The normalized spacial score (nSPS) is 20.3. The number of carbonyl (C=O) groups excluding carboxylic acids is 2. The Hall–Kier alpha value is -2.95. The molecule has 0 N–H and O–H groups in total. The maximum absolute atomic E-state index is 13.4. The molecule has 0 aliphatic carbocycles. The Morgan fingerprint density at radius 3 is 2.57 bits per heavy atom. The van der Waals surface area contributed by atoms with Crippen molar-refractivity contribution >= 4 is 17.4 Å². The summed E-state index contributed by atoms with van der Waals surface area (Å²) in [6.07, 6.45) is 5.59. The first-order valence-electron chi connectivity index (χ1n) is 9.86. The van der Waals surface area contributed by atoms with Crippen molar-refractivity contribution < 1.29 is 9.59 Å². The number of nitrogens with zero attached hydrogens (tertiary/aromatic N) is 3. The molecule has 0 saturated carbocycles. The molecule has 3 heterocycles. The fourth-order valence-electron chi connectivity index (χ4n) is 4.05. The van der Waals surface area contributed by atoms with Gasteiger partial charge in [-0.1, -0.05) is 42.8 Å². The van der Waals surface area contributed by atoms with Crippen molar-refractivity contribution in [1.82, 2.24) is 14.8 Å². The molecule has 0 spiro atoms. The lowest BCUT2D eigenvalue weighted by atomic mass is 9.97. The third kappa shape index (κ3) is 3.44. The van der Waals surface area contributed by atoms with E-state index in [1.165, 1.54) is 4.90 Å². The van der Waals surface area contributed by atoms with Gasteiger partial charge in [0, 0.05) is 25.5 Å². The molecule has 2 aliphatic rings. The molecule has 4 rings (SSSR count). The summed E-state index contributed by atoms with van der Waals surface area (Å²) in [4.78, 5) is 34.3. The van der Waals surface area contributed by atoms with Crippen LogP contribution in [0.1, 0.15) is 36.5 Å². The second-order valence-electron chi connectivity index (χ2n) is 7.84. The van der Waals surface area contributed by atoms with Gasteiger partial charge < -0.3 is 4.90 Å². The number of aromatic nitrogens is 1. The number of rotatable bonds is 4. The highest BCUT2D eigenvalue weighted by Gasteiger charge is 2.42. The topological polar surface area (TPSA) is 53.5 Å². The fourth-order valence-corrected chi connectivity index (χ4v) is 4.05. The van der Waals surface area contributed by atoms with Gasteiger partial charge in [-0.25, -0.2) is 0 Å². The van der Waals surface area contributed by atoms with E-state index in [0.29, 0.717) is 17.2 Å². The van der Waals surface area contributed by atoms with Gasteiger partial charge >= 0.3 is 0 Å². The van der Waals surface area contributed by atoms with E-state index in [1.54, 1.807) is 12.4 Å². The van der Waals surface area contributed by atoms with Gasteiger partial charge in [0.2, 0.25) is 0 Å². The van der Waals surface area contributed by atoms with E-state index in [2.05, 4.69) is 16.8 Å². The number of pyridine rings is 1. The number of benzene rings is 1. The summed E-state index contributed by atoms with van der Waals surface area (Å²) in [7, 11) is 0. The average Bonchev–Trinajstić information content (AvgIpc) is 2.94. The zero-order valence-corrected chi connectivity index (χ0v) is 16.4. The molecule has 2 aliphatic heterocycles. The van der Waals surface area contributed by atoms with E-state index in [4.69, 9.17) is 0 Å². The van der Waals surface area contributed by atoms with Crippen molar-refractivity contribution in [2.75, 3.05) is 13.1 Å². The van der Waals surface area contributed by atoms with Crippen LogP contribution < -0.4 is 0 Å². The summed E-state index contributed by atoms with van der Waals surface area (Å²) in [6.45, 7) is 6.08. The number of imide groups is 1. The molecule has 0 bridgehead atoms. The van der Waals surface area contributed by atoms with Gasteiger partial charge in [-0.2, -0.15) is 0 Å². The maximum atomic E-state index is 13.4.